The normalized spacial score (nSPS) is 11.6. The second kappa shape index (κ2) is 14.6. The number of nitrogens with zero attached hydrogens (tertiary/aromatic N) is 2. The Hall–Kier alpha value is -6.19. The van der Waals surface area contributed by atoms with E-state index in [1.807, 2.05) is 18.2 Å². The molecule has 0 saturated carbocycles. The molecule has 1 N–H and O–H groups in total. The van der Waals surface area contributed by atoms with Crippen molar-refractivity contribution in [2.45, 2.75) is 53.4 Å². The van der Waals surface area contributed by atoms with Crippen LogP contribution >= 0.6 is 0 Å². The fourth-order valence-electron chi connectivity index (χ4n) is 8.42. The number of fused-ring (bicyclic) bond motifs is 1. The Bertz CT molecular complexity index is 2650. The molecule has 0 spiro atoms. The van der Waals surface area contributed by atoms with Gasteiger partial charge < -0.3 is 5.11 Å². The summed E-state index contributed by atoms with van der Waals surface area (Å²) in [6, 6.07) is 53.7. The number of para-hydroxylation sites is 4. The molecule has 55 heavy (non-hydrogen) atoms. The molecule has 0 bridgehead atoms. The van der Waals surface area contributed by atoms with Gasteiger partial charge >= 0.3 is 0 Å². The molecular formula is C52H49N2O+. The molecule has 0 radical (unpaired) electrons. The number of aromatic nitrogens is 2. The quantitative estimate of drug-likeness (QED) is 0.156. The van der Waals surface area contributed by atoms with Crippen molar-refractivity contribution in [2.75, 3.05) is 0 Å². The van der Waals surface area contributed by atoms with Crippen LogP contribution in [0.15, 0.2) is 152 Å². The van der Waals surface area contributed by atoms with E-state index in [-0.39, 0.29) is 5.75 Å². The second-order valence-corrected chi connectivity index (χ2v) is 15.5. The maximum absolute atomic E-state index is 12.1. The van der Waals surface area contributed by atoms with E-state index in [9.17, 15) is 5.11 Å². The molecule has 0 amide bonds. The van der Waals surface area contributed by atoms with Crippen LogP contribution in [-0.2, 0) is 7.05 Å². The van der Waals surface area contributed by atoms with Crippen molar-refractivity contribution in [2.24, 2.45) is 7.05 Å². The summed E-state index contributed by atoms with van der Waals surface area (Å²) in [6.45, 7) is 13.6. The molecule has 0 unspecified atom stereocenters. The number of hydrogen-bond acceptors (Lipinski definition) is 1. The molecule has 0 aliphatic carbocycles. The minimum atomic E-state index is 0.288. The number of hydrogen-bond donors (Lipinski definition) is 1. The maximum atomic E-state index is 12.1. The van der Waals surface area contributed by atoms with Crippen molar-refractivity contribution in [1.82, 2.24) is 4.57 Å². The molecule has 0 saturated heterocycles. The van der Waals surface area contributed by atoms with Crippen molar-refractivity contribution >= 4 is 11.0 Å². The van der Waals surface area contributed by atoms with Crippen LogP contribution in [0.2, 0.25) is 0 Å². The summed E-state index contributed by atoms with van der Waals surface area (Å²) in [5, 5.41) is 12.1. The van der Waals surface area contributed by atoms with Gasteiger partial charge in [0.05, 0.1) is 12.6 Å². The lowest BCUT2D eigenvalue weighted by Crippen LogP contribution is -2.31. The van der Waals surface area contributed by atoms with E-state index in [4.69, 9.17) is 0 Å². The Morgan fingerprint density at radius 2 is 1.05 bits per heavy atom. The highest BCUT2D eigenvalue weighted by Crippen LogP contribution is 2.44. The Morgan fingerprint density at radius 1 is 0.509 bits per heavy atom. The highest BCUT2D eigenvalue weighted by Gasteiger charge is 2.33. The number of phenolic OH excluding ortho intramolecular Hbond substituents is 1. The fraction of sp³-hybridized carbons (Fsp3) is 0.173. The van der Waals surface area contributed by atoms with E-state index in [1.54, 1.807) is 0 Å². The molecule has 1 aromatic heterocycles. The van der Waals surface area contributed by atoms with E-state index < -0.39 is 0 Å². The van der Waals surface area contributed by atoms with Crippen LogP contribution in [0.3, 0.4) is 0 Å². The lowest BCUT2D eigenvalue weighted by Gasteiger charge is -2.20. The van der Waals surface area contributed by atoms with E-state index in [0.29, 0.717) is 11.8 Å². The summed E-state index contributed by atoms with van der Waals surface area (Å²) in [4.78, 5) is 0. The van der Waals surface area contributed by atoms with Crippen LogP contribution in [0.25, 0.3) is 72.6 Å². The molecule has 0 atom stereocenters. The standard InChI is InChI=1S/C52H48N2O/c1-33(2)42-20-14-21-43(34(3)4)50(42)54-48-25-12-11-24-47(48)53(7)52(54)49-35(5)26-31-44(36(49)6)46-23-15-22-45(51(46)55)39-29-27-38(28-30-39)41-19-13-18-40(32-41)37-16-9-8-10-17-37/h8-34H,1-7H3/p+1. The number of phenols is 1. The third-order valence-corrected chi connectivity index (χ3v) is 11.3. The summed E-state index contributed by atoms with van der Waals surface area (Å²) < 4.78 is 4.86. The Balaban J connectivity index is 1.25. The first-order chi connectivity index (χ1) is 26.6. The summed E-state index contributed by atoms with van der Waals surface area (Å²) in [6.07, 6.45) is 0. The summed E-state index contributed by atoms with van der Waals surface area (Å²) in [7, 11) is 2.19. The smallest absolute Gasteiger partial charge is 0.295 e. The zero-order valence-corrected chi connectivity index (χ0v) is 32.9. The first-order valence-corrected chi connectivity index (χ1v) is 19.5. The van der Waals surface area contributed by atoms with Crippen LogP contribution in [0, 0.1) is 13.8 Å². The monoisotopic (exact) mass is 717 g/mol. The maximum Gasteiger partial charge on any atom is 0.295 e. The van der Waals surface area contributed by atoms with Crippen LogP contribution in [0.1, 0.15) is 61.8 Å². The zero-order valence-electron chi connectivity index (χ0n) is 32.9. The third kappa shape index (κ3) is 6.34. The molecule has 272 valence electrons. The zero-order chi connectivity index (χ0) is 38.4. The van der Waals surface area contributed by atoms with Crippen molar-refractivity contribution in [3.63, 3.8) is 0 Å². The summed E-state index contributed by atoms with van der Waals surface area (Å²) in [5.41, 5.74) is 18.1. The number of aromatic hydroxyl groups is 1. The van der Waals surface area contributed by atoms with Crippen molar-refractivity contribution in [3.8, 4) is 67.3 Å². The number of aryl methyl sites for hydroxylation is 2. The first-order valence-electron chi connectivity index (χ1n) is 19.5. The Kier molecular flexibility index (Phi) is 9.49. The molecule has 3 heteroatoms. The van der Waals surface area contributed by atoms with Crippen LogP contribution in [-0.4, -0.2) is 9.67 Å². The second-order valence-electron chi connectivity index (χ2n) is 15.5. The van der Waals surface area contributed by atoms with Gasteiger partial charge in [0, 0.05) is 22.3 Å². The van der Waals surface area contributed by atoms with Gasteiger partial charge in [0.2, 0.25) is 0 Å². The molecule has 0 aliphatic heterocycles. The van der Waals surface area contributed by atoms with Gasteiger partial charge in [-0.25, -0.2) is 4.57 Å². The van der Waals surface area contributed by atoms with Gasteiger partial charge in [-0.2, -0.15) is 4.57 Å². The van der Waals surface area contributed by atoms with Gasteiger partial charge in [0.25, 0.3) is 5.82 Å². The molecule has 7 aromatic carbocycles. The summed E-state index contributed by atoms with van der Waals surface area (Å²) in [5.74, 6) is 2.11. The van der Waals surface area contributed by atoms with Crippen LogP contribution in [0.4, 0.5) is 0 Å². The average molecular weight is 718 g/mol. The largest absolute Gasteiger partial charge is 0.507 e. The number of imidazole rings is 1. The molecule has 0 fully saturated rings. The topological polar surface area (TPSA) is 29.0 Å². The number of rotatable bonds is 8. The minimum absolute atomic E-state index is 0.288. The lowest BCUT2D eigenvalue weighted by molar-refractivity contribution is -0.633. The van der Waals surface area contributed by atoms with Gasteiger partial charge in [-0.05, 0) is 88.4 Å². The first kappa shape index (κ1) is 35.8. The average Bonchev–Trinajstić information content (AvgIpc) is 3.49. The Morgan fingerprint density at radius 3 is 1.73 bits per heavy atom. The summed E-state index contributed by atoms with van der Waals surface area (Å²) >= 11 is 0. The fourth-order valence-corrected chi connectivity index (χ4v) is 8.42. The molecule has 8 rings (SSSR count). The van der Waals surface area contributed by atoms with Gasteiger partial charge in [-0.1, -0.05) is 161 Å². The van der Waals surface area contributed by atoms with Gasteiger partial charge in [-0.3, -0.25) is 0 Å². The number of benzene rings is 7. The highest BCUT2D eigenvalue weighted by molar-refractivity contribution is 5.88. The molecule has 0 aliphatic rings. The SMILES string of the molecule is Cc1ccc(-c2cccc(-c3ccc(-c4cccc(-c5ccccc5)c4)cc3)c2O)c(C)c1-c1n(-c2c(C(C)C)cccc2C(C)C)c2ccccc2[n+]1C. The van der Waals surface area contributed by atoms with Crippen LogP contribution in [0.5, 0.6) is 5.75 Å². The lowest BCUT2D eigenvalue weighted by atomic mass is 9.89. The minimum Gasteiger partial charge on any atom is -0.507 e. The van der Waals surface area contributed by atoms with E-state index in [0.717, 1.165) is 44.8 Å². The van der Waals surface area contributed by atoms with E-state index >= 15 is 0 Å². The molecule has 3 nitrogen and oxygen atoms in total. The predicted molar refractivity (Wildman–Crippen MR) is 231 cm³/mol. The van der Waals surface area contributed by atoms with Gasteiger partial charge in [0.1, 0.15) is 11.4 Å². The van der Waals surface area contributed by atoms with Gasteiger partial charge in [0.15, 0.2) is 11.0 Å². The van der Waals surface area contributed by atoms with E-state index in [1.165, 1.54) is 50.1 Å². The molecule has 1 heterocycles. The molecular weight excluding hydrogens is 669 g/mol. The third-order valence-electron chi connectivity index (χ3n) is 11.3. The highest BCUT2D eigenvalue weighted by atomic mass is 16.3. The van der Waals surface area contributed by atoms with Crippen LogP contribution < -0.4 is 4.57 Å². The van der Waals surface area contributed by atoms with Gasteiger partial charge in [-0.15, -0.1) is 0 Å². The van der Waals surface area contributed by atoms with Crippen molar-refractivity contribution in [1.29, 1.82) is 0 Å². The van der Waals surface area contributed by atoms with Crippen molar-refractivity contribution in [3.05, 3.63) is 174 Å². The Labute approximate surface area is 325 Å². The predicted octanol–water partition coefficient (Wildman–Crippen LogP) is 13.4. The van der Waals surface area contributed by atoms with Crippen molar-refractivity contribution < 1.29 is 9.67 Å². The molecule has 8 aromatic rings. The van der Waals surface area contributed by atoms with E-state index in [2.05, 4.69) is 191 Å².